The normalized spacial score (nSPS) is 11.5. The van der Waals surface area contributed by atoms with Crippen LogP contribution in [0.25, 0.3) is 11.1 Å². The van der Waals surface area contributed by atoms with E-state index in [-0.39, 0.29) is 11.2 Å². The zero-order valence-electron chi connectivity index (χ0n) is 11.7. The van der Waals surface area contributed by atoms with E-state index in [4.69, 9.17) is 16.6 Å². The fraction of sp³-hybridized carbons (Fsp3) is 0.417. The van der Waals surface area contributed by atoms with Crippen LogP contribution in [0.5, 0.6) is 0 Å². The minimum Gasteiger partial charge on any atom is -0.480 e. The number of hydrogen-bond donors (Lipinski definition) is 3. The number of hydrogen-bond acceptors (Lipinski definition) is 8. The summed E-state index contributed by atoms with van der Waals surface area (Å²) < 4.78 is 4.64. The zero-order chi connectivity index (χ0) is 16.5. The van der Waals surface area contributed by atoms with Crippen molar-refractivity contribution in [1.82, 2.24) is 10.4 Å². The molecule has 1 aromatic carbocycles. The van der Waals surface area contributed by atoms with Gasteiger partial charge in [-0.05, 0) is 25.5 Å². The van der Waals surface area contributed by atoms with Crippen LogP contribution >= 0.6 is 0 Å². The second kappa shape index (κ2) is 8.64. The molecule has 120 valence electrons. The van der Waals surface area contributed by atoms with Crippen LogP contribution in [0.3, 0.4) is 0 Å². The highest BCUT2D eigenvalue weighted by molar-refractivity contribution is 5.81. The van der Waals surface area contributed by atoms with Crippen LogP contribution in [0.4, 0.5) is 5.69 Å². The number of benzene rings is 1. The largest absolute Gasteiger partial charge is 0.480 e. The van der Waals surface area contributed by atoms with Crippen molar-refractivity contribution in [3.8, 4) is 0 Å². The average molecular weight is 311 g/mol. The molecule has 0 spiro atoms. The van der Waals surface area contributed by atoms with Gasteiger partial charge in [0.1, 0.15) is 6.04 Å². The van der Waals surface area contributed by atoms with Crippen molar-refractivity contribution in [2.75, 3.05) is 6.54 Å². The molecule has 0 unspecified atom stereocenters. The molecule has 0 saturated carbocycles. The first-order chi connectivity index (χ1) is 10.5. The lowest BCUT2D eigenvalue weighted by Crippen LogP contribution is -2.29. The number of fused-ring (bicyclic) bond motifs is 1. The second-order valence-corrected chi connectivity index (χ2v) is 4.38. The van der Waals surface area contributed by atoms with Gasteiger partial charge < -0.3 is 21.1 Å². The Balaban J connectivity index is 0.000000225. The van der Waals surface area contributed by atoms with E-state index in [2.05, 4.69) is 14.9 Å². The Labute approximate surface area is 125 Å². The first-order valence-electron chi connectivity index (χ1n) is 6.51. The number of carbonyl (C=O) groups is 1. The molecule has 10 heteroatoms. The Morgan fingerprint density at radius 3 is 2.77 bits per heavy atom. The van der Waals surface area contributed by atoms with Crippen LogP contribution < -0.4 is 11.5 Å². The van der Waals surface area contributed by atoms with Crippen molar-refractivity contribution >= 4 is 22.8 Å². The summed E-state index contributed by atoms with van der Waals surface area (Å²) in [6.45, 7) is 0.604. The highest BCUT2D eigenvalue weighted by atomic mass is 16.6. The monoisotopic (exact) mass is 311 g/mol. The van der Waals surface area contributed by atoms with Crippen molar-refractivity contribution in [3.05, 3.63) is 28.3 Å². The van der Waals surface area contributed by atoms with Gasteiger partial charge in [-0.1, -0.05) is 12.5 Å². The van der Waals surface area contributed by atoms with E-state index in [9.17, 15) is 14.9 Å². The van der Waals surface area contributed by atoms with Crippen LogP contribution in [-0.4, -0.2) is 39.0 Å². The fourth-order valence-corrected chi connectivity index (χ4v) is 1.57. The number of aliphatic carboxylic acids is 1. The SMILES string of the molecule is NCCCC[C@H](N)C(=O)O.O=[N+]([O-])c1cccc2onnc12. The summed E-state index contributed by atoms with van der Waals surface area (Å²) in [7, 11) is 0. The molecule has 10 nitrogen and oxygen atoms in total. The van der Waals surface area contributed by atoms with Gasteiger partial charge in [-0.15, -0.1) is 5.10 Å². The van der Waals surface area contributed by atoms with E-state index < -0.39 is 16.9 Å². The van der Waals surface area contributed by atoms with E-state index in [0.29, 0.717) is 18.5 Å². The van der Waals surface area contributed by atoms with Crippen molar-refractivity contribution in [2.45, 2.75) is 25.3 Å². The van der Waals surface area contributed by atoms with E-state index in [1.165, 1.54) is 12.1 Å². The summed E-state index contributed by atoms with van der Waals surface area (Å²) in [4.78, 5) is 20.0. The summed E-state index contributed by atoms with van der Waals surface area (Å²) in [5.41, 5.74) is 10.8. The average Bonchev–Trinajstić information content (AvgIpc) is 2.96. The van der Waals surface area contributed by atoms with Gasteiger partial charge in [-0.25, -0.2) is 0 Å². The topological polar surface area (TPSA) is 171 Å². The van der Waals surface area contributed by atoms with Gasteiger partial charge in [0, 0.05) is 11.3 Å². The van der Waals surface area contributed by atoms with Crippen LogP contribution in [0.2, 0.25) is 0 Å². The quantitative estimate of drug-likeness (QED) is 0.393. The van der Waals surface area contributed by atoms with Crippen LogP contribution in [0, 0.1) is 10.1 Å². The van der Waals surface area contributed by atoms with Crippen molar-refractivity contribution in [1.29, 1.82) is 0 Å². The van der Waals surface area contributed by atoms with Gasteiger partial charge in [0.25, 0.3) is 0 Å². The van der Waals surface area contributed by atoms with Crippen molar-refractivity contribution in [2.24, 2.45) is 11.5 Å². The number of unbranched alkanes of at least 4 members (excludes halogenated alkanes) is 1. The summed E-state index contributed by atoms with van der Waals surface area (Å²) in [6.07, 6.45) is 2.16. The Kier molecular flexibility index (Phi) is 6.86. The molecule has 1 atom stereocenters. The maximum absolute atomic E-state index is 10.4. The van der Waals surface area contributed by atoms with Crippen LogP contribution in [0.1, 0.15) is 19.3 Å². The van der Waals surface area contributed by atoms with E-state index in [1.54, 1.807) is 6.07 Å². The summed E-state index contributed by atoms with van der Waals surface area (Å²) in [5, 5.41) is 25.4. The molecule has 2 rings (SSSR count). The lowest BCUT2D eigenvalue weighted by atomic mass is 10.1. The maximum atomic E-state index is 10.4. The molecule has 0 aliphatic carbocycles. The van der Waals surface area contributed by atoms with E-state index in [1.807, 2.05) is 0 Å². The highest BCUT2D eigenvalue weighted by Gasteiger charge is 2.14. The fourth-order valence-electron chi connectivity index (χ4n) is 1.57. The molecule has 1 heterocycles. The van der Waals surface area contributed by atoms with Gasteiger partial charge in [-0.3, -0.25) is 14.9 Å². The number of rotatable bonds is 6. The molecule has 0 radical (unpaired) electrons. The lowest BCUT2D eigenvalue weighted by Gasteiger charge is -2.03. The summed E-state index contributed by atoms with van der Waals surface area (Å²) in [5.74, 6) is -0.933. The number of nitrogens with two attached hydrogens (primary N) is 2. The first kappa shape index (κ1) is 17.5. The molecule has 0 aliphatic rings. The van der Waals surface area contributed by atoms with Gasteiger partial charge in [0.05, 0.1) is 4.92 Å². The number of nitro benzene ring substituents is 1. The smallest absolute Gasteiger partial charge is 0.320 e. The molecule has 0 bridgehead atoms. The van der Waals surface area contributed by atoms with E-state index in [0.717, 1.165) is 12.8 Å². The van der Waals surface area contributed by atoms with Crippen molar-refractivity contribution < 1.29 is 19.3 Å². The predicted octanol–water partition coefficient (Wildman–Crippen LogP) is 0.658. The molecule has 0 fully saturated rings. The Morgan fingerprint density at radius 1 is 1.45 bits per heavy atom. The van der Waals surface area contributed by atoms with Gasteiger partial charge in [-0.2, -0.15) is 0 Å². The van der Waals surface area contributed by atoms with Crippen LogP contribution in [0.15, 0.2) is 22.7 Å². The Hall–Kier alpha value is -2.59. The molecule has 5 N–H and O–H groups in total. The minimum atomic E-state index is -0.933. The molecular weight excluding hydrogens is 294 g/mol. The standard InChI is InChI=1S/C6H3N3O3.C6H14N2O2/c10-9(11)4-2-1-3-5-6(4)7-8-12-5;7-4-2-1-3-5(8)6(9)10/h1-3H;5H,1-4,7-8H2,(H,9,10)/t;5-/m.0/s1. The third-order valence-electron chi connectivity index (χ3n) is 2.74. The Bertz CT molecular complexity index is 629. The molecule has 2 aromatic rings. The first-order valence-corrected chi connectivity index (χ1v) is 6.51. The molecular formula is C12H17N5O5. The third-order valence-corrected chi connectivity index (χ3v) is 2.74. The molecule has 0 saturated heterocycles. The molecule has 0 aliphatic heterocycles. The Morgan fingerprint density at radius 2 is 2.18 bits per heavy atom. The van der Waals surface area contributed by atoms with Gasteiger partial charge >= 0.3 is 11.7 Å². The predicted molar refractivity (Wildman–Crippen MR) is 77.0 cm³/mol. The van der Waals surface area contributed by atoms with Crippen LogP contribution in [-0.2, 0) is 4.79 Å². The number of carboxylic acid groups (broad SMARTS) is 1. The summed E-state index contributed by atoms with van der Waals surface area (Å²) in [6, 6.07) is 3.73. The van der Waals surface area contributed by atoms with Gasteiger partial charge in [0.15, 0.2) is 5.58 Å². The number of non-ortho nitro benzene ring substituents is 1. The summed E-state index contributed by atoms with van der Waals surface area (Å²) >= 11 is 0. The minimum absolute atomic E-state index is 0.0891. The highest BCUT2D eigenvalue weighted by Crippen LogP contribution is 2.21. The molecule has 1 aromatic heterocycles. The number of aromatic nitrogens is 2. The lowest BCUT2D eigenvalue weighted by molar-refractivity contribution is -0.383. The number of nitro groups is 1. The second-order valence-electron chi connectivity index (χ2n) is 4.38. The zero-order valence-corrected chi connectivity index (χ0v) is 11.7. The molecule has 0 amide bonds. The van der Waals surface area contributed by atoms with Gasteiger partial charge in [0.2, 0.25) is 5.52 Å². The third kappa shape index (κ3) is 5.07. The number of nitrogens with zero attached hydrogens (tertiary/aromatic N) is 3. The van der Waals surface area contributed by atoms with Crippen molar-refractivity contribution in [3.63, 3.8) is 0 Å². The number of carboxylic acids is 1. The van der Waals surface area contributed by atoms with E-state index >= 15 is 0 Å². The molecule has 22 heavy (non-hydrogen) atoms. The maximum Gasteiger partial charge on any atom is 0.320 e.